The summed E-state index contributed by atoms with van der Waals surface area (Å²) in [4.78, 5) is 16.2. The number of hydrogen-bond acceptors (Lipinski definition) is 3. The maximum Gasteiger partial charge on any atom is 0.104 e. The standard InChI is InChI=1S/C5H5N2O2.Y/c1-3-6-4(8)2-5(9)7-3;/h1H3,(H2,6,7,8,9);/q-1;. The molecular formula is C5H5N2O2Y-. The smallest absolute Gasteiger partial charge is 0.104 e. The van der Waals surface area contributed by atoms with Crippen LogP contribution in [-0.2, 0) is 32.7 Å². The van der Waals surface area contributed by atoms with Gasteiger partial charge in [0.05, 0.1) is 5.56 Å². The van der Waals surface area contributed by atoms with Gasteiger partial charge in [0.1, 0.15) is 5.82 Å². The largest absolute Gasteiger partial charge is 0.526 e. The van der Waals surface area contributed by atoms with E-state index in [1.807, 2.05) is 6.07 Å². The molecule has 0 saturated carbocycles. The summed E-state index contributed by atoms with van der Waals surface area (Å²) in [6, 6.07) is 2.04. The molecule has 0 bridgehead atoms. The number of nitrogens with zero attached hydrogens (tertiary/aromatic N) is 1. The number of aromatic amines is 1. The predicted molar refractivity (Wildman–Crippen MR) is 30.1 cm³/mol. The number of H-pyrrole nitrogens is 1. The molecule has 1 aromatic rings. The summed E-state index contributed by atoms with van der Waals surface area (Å²) in [5.41, 5.74) is -0.458. The summed E-state index contributed by atoms with van der Waals surface area (Å²) in [6.45, 7) is 1.58. The van der Waals surface area contributed by atoms with E-state index >= 15 is 0 Å². The Balaban J connectivity index is 0.000000810. The van der Waals surface area contributed by atoms with E-state index in [-0.39, 0.29) is 38.6 Å². The average Bonchev–Trinajstić information content (AvgIpc) is 1.59. The zero-order valence-corrected chi connectivity index (χ0v) is 8.22. The zero-order valence-electron chi connectivity index (χ0n) is 5.38. The molecule has 1 radical (unpaired) electrons. The van der Waals surface area contributed by atoms with Crippen LogP contribution in [0.5, 0.6) is 5.88 Å². The van der Waals surface area contributed by atoms with Gasteiger partial charge in [0, 0.05) is 38.6 Å². The van der Waals surface area contributed by atoms with Crippen molar-refractivity contribution in [2.24, 2.45) is 0 Å². The summed E-state index contributed by atoms with van der Waals surface area (Å²) in [6.07, 6.45) is 0. The molecule has 0 spiro atoms. The normalized spacial score (nSPS) is 8.50. The number of nitrogens with one attached hydrogen (secondary N) is 1. The van der Waals surface area contributed by atoms with Gasteiger partial charge in [-0.3, -0.25) is 0 Å². The first-order chi connectivity index (χ1) is 4.18. The van der Waals surface area contributed by atoms with Crippen molar-refractivity contribution >= 4 is 0 Å². The van der Waals surface area contributed by atoms with E-state index in [4.69, 9.17) is 5.11 Å². The van der Waals surface area contributed by atoms with Gasteiger partial charge in [-0.25, -0.2) is 4.98 Å². The molecule has 0 aliphatic heterocycles. The Morgan fingerprint density at radius 2 is 2.30 bits per heavy atom. The Hall–Kier alpha value is -0.216. The zero-order chi connectivity index (χ0) is 6.85. The molecule has 5 heteroatoms. The number of aromatic hydroxyl groups is 1. The number of aromatic nitrogens is 2. The van der Waals surface area contributed by atoms with Gasteiger partial charge < -0.3 is 21.0 Å². The molecule has 4 nitrogen and oxygen atoms in total. The van der Waals surface area contributed by atoms with E-state index in [0.717, 1.165) is 0 Å². The van der Waals surface area contributed by atoms with Crippen LogP contribution in [0.4, 0.5) is 0 Å². The fourth-order valence-electron chi connectivity index (χ4n) is 0.512. The van der Waals surface area contributed by atoms with Crippen molar-refractivity contribution in [3.8, 4) is 5.88 Å². The van der Waals surface area contributed by atoms with Crippen molar-refractivity contribution in [1.82, 2.24) is 9.97 Å². The maximum atomic E-state index is 10.4. The summed E-state index contributed by atoms with van der Waals surface area (Å²) in [7, 11) is 0. The van der Waals surface area contributed by atoms with Crippen LogP contribution >= 0.6 is 0 Å². The first-order valence-corrected chi connectivity index (χ1v) is 2.37. The number of aryl methyl sites for hydroxylation is 1. The molecule has 0 unspecified atom stereocenters. The molecule has 1 aromatic heterocycles. The first kappa shape index (κ1) is 9.78. The topological polar surface area (TPSA) is 66.0 Å². The summed E-state index contributed by atoms with van der Waals surface area (Å²) in [5.74, 6) is 0.0208. The van der Waals surface area contributed by atoms with Crippen molar-refractivity contribution < 1.29 is 37.8 Å². The van der Waals surface area contributed by atoms with Crippen molar-refractivity contribution in [3.05, 3.63) is 22.2 Å². The monoisotopic (exact) mass is 214 g/mol. The van der Waals surface area contributed by atoms with Gasteiger partial charge in [-0.2, -0.15) is 0 Å². The van der Waals surface area contributed by atoms with Gasteiger partial charge >= 0.3 is 0 Å². The molecule has 2 N–H and O–H groups in total. The summed E-state index contributed by atoms with van der Waals surface area (Å²) in [5, 5.41) is 8.61. The molecule has 10 heavy (non-hydrogen) atoms. The first-order valence-electron chi connectivity index (χ1n) is 2.37. The Labute approximate surface area is 82.6 Å². The van der Waals surface area contributed by atoms with Crippen LogP contribution in [0.25, 0.3) is 0 Å². The molecule has 1 heterocycles. The summed E-state index contributed by atoms with van der Waals surface area (Å²) >= 11 is 0. The third kappa shape index (κ3) is 2.58. The fraction of sp³-hybridized carbons (Fsp3) is 0.200. The number of rotatable bonds is 0. The maximum absolute atomic E-state index is 10.4. The molecule has 51 valence electrons. The van der Waals surface area contributed by atoms with Crippen molar-refractivity contribution in [2.75, 3.05) is 0 Å². The van der Waals surface area contributed by atoms with Gasteiger partial charge in [0.2, 0.25) is 0 Å². The molecule has 0 aliphatic rings. The minimum atomic E-state index is -0.458. The summed E-state index contributed by atoms with van der Waals surface area (Å²) < 4.78 is 0. The molecule has 0 aliphatic carbocycles. The van der Waals surface area contributed by atoms with Crippen LogP contribution in [0.3, 0.4) is 0 Å². The molecule has 1 rings (SSSR count). The minimum absolute atomic E-state index is 0. The van der Waals surface area contributed by atoms with E-state index in [2.05, 4.69) is 9.97 Å². The van der Waals surface area contributed by atoms with Crippen LogP contribution in [-0.4, -0.2) is 15.1 Å². The quantitative estimate of drug-likeness (QED) is 0.576. The Morgan fingerprint density at radius 1 is 1.70 bits per heavy atom. The molecular weight excluding hydrogens is 209 g/mol. The second-order valence-electron chi connectivity index (χ2n) is 1.60. The van der Waals surface area contributed by atoms with E-state index < -0.39 is 5.56 Å². The van der Waals surface area contributed by atoms with Crippen molar-refractivity contribution in [3.63, 3.8) is 0 Å². The van der Waals surface area contributed by atoms with Crippen LogP contribution in [0.2, 0.25) is 0 Å². The molecule has 0 fully saturated rings. The van der Waals surface area contributed by atoms with Crippen molar-refractivity contribution in [2.45, 2.75) is 6.92 Å². The van der Waals surface area contributed by atoms with Crippen LogP contribution in [0.15, 0.2) is 4.79 Å². The van der Waals surface area contributed by atoms with E-state index in [0.29, 0.717) is 5.82 Å². The van der Waals surface area contributed by atoms with E-state index in [1.165, 1.54) is 0 Å². The van der Waals surface area contributed by atoms with E-state index in [1.54, 1.807) is 6.92 Å². The second kappa shape index (κ2) is 3.83. The van der Waals surface area contributed by atoms with E-state index in [9.17, 15) is 4.79 Å². The third-order valence-electron chi connectivity index (χ3n) is 0.793. The molecule has 0 saturated heterocycles. The van der Waals surface area contributed by atoms with Gasteiger partial charge in [-0.05, 0) is 6.92 Å². The van der Waals surface area contributed by atoms with Crippen LogP contribution in [0, 0.1) is 13.0 Å². The van der Waals surface area contributed by atoms with Gasteiger partial charge in [-0.15, -0.1) is 0 Å². The van der Waals surface area contributed by atoms with Crippen LogP contribution < -0.4 is 5.56 Å². The SMILES string of the molecule is Cc1nc(O)[c-]c(=O)[nH]1.[Y]. The molecule has 0 aromatic carbocycles. The second-order valence-corrected chi connectivity index (χ2v) is 1.60. The van der Waals surface area contributed by atoms with Crippen molar-refractivity contribution in [1.29, 1.82) is 0 Å². The van der Waals surface area contributed by atoms with Gasteiger partial charge in [0.15, 0.2) is 0 Å². The van der Waals surface area contributed by atoms with Gasteiger partial charge in [-0.1, -0.05) is 0 Å². The van der Waals surface area contributed by atoms with Crippen LogP contribution in [0.1, 0.15) is 5.82 Å². The minimum Gasteiger partial charge on any atom is -0.526 e. The third-order valence-corrected chi connectivity index (χ3v) is 0.793. The Kier molecular flexibility index (Phi) is 3.75. The predicted octanol–water partition coefficient (Wildman–Crippen LogP) is -0.418. The Morgan fingerprint density at radius 3 is 2.70 bits per heavy atom. The molecule has 0 atom stereocenters. The average molecular weight is 214 g/mol. The Bertz CT molecular complexity index is 247. The number of hydrogen-bond donors (Lipinski definition) is 2. The fourth-order valence-corrected chi connectivity index (χ4v) is 0.512. The molecule has 0 amide bonds. The van der Waals surface area contributed by atoms with Gasteiger partial charge in [0.25, 0.3) is 0 Å².